The SMILES string of the molecule is O=C(Cc1ccc(F)cn1)C[N+]12CCC(CC1)[C@@H](OC(=O)C1(c3ccccc3)CCCCCC1)C2.[Cl-]. The highest BCUT2D eigenvalue weighted by atomic mass is 35.5. The second-order valence-corrected chi connectivity index (χ2v) is 11.0. The summed E-state index contributed by atoms with van der Waals surface area (Å²) >= 11 is 0. The van der Waals surface area contributed by atoms with E-state index in [0.717, 1.165) is 63.4 Å². The average molecular weight is 515 g/mol. The molecule has 3 aliphatic heterocycles. The van der Waals surface area contributed by atoms with Crippen molar-refractivity contribution in [3.63, 3.8) is 0 Å². The number of hydrogen-bond acceptors (Lipinski definition) is 4. The summed E-state index contributed by atoms with van der Waals surface area (Å²) in [5.41, 5.74) is 1.13. The van der Waals surface area contributed by atoms with E-state index in [1.165, 1.54) is 18.9 Å². The first-order valence-electron chi connectivity index (χ1n) is 13.2. The van der Waals surface area contributed by atoms with Crippen LogP contribution in [0.15, 0.2) is 48.7 Å². The van der Waals surface area contributed by atoms with E-state index in [2.05, 4.69) is 17.1 Å². The third-order valence-corrected chi connectivity index (χ3v) is 8.65. The van der Waals surface area contributed by atoms with Crippen molar-refractivity contribution >= 4 is 11.8 Å². The number of pyridine rings is 1. The molecule has 3 saturated heterocycles. The highest BCUT2D eigenvalue weighted by Gasteiger charge is 2.50. The molecule has 6 rings (SSSR count). The lowest BCUT2D eigenvalue weighted by Crippen LogP contribution is -3.00. The third-order valence-electron chi connectivity index (χ3n) is 8.65. The van der Waals surface area contributed by atoms with Gasteiger partial charge in [-0.2, -0.15) is 0 Å². The number of quaternary nitrogens is 1. The van der Waals surface area contributed by atoms with Crippen LogP contribution < -0.4 is 12.4 Å². The van der Waals surface area contributed by atoms with Crippen LogP contribution in [-0.2, 0) is 26.2 Å². The normalized spacial score (nSPS) is 26.9. The maximum Gasteiger partial charge on any atom is 0.317 e. The van der Waals surface area contributed by atoms with Gasteiger partial charge in [0.2, 0.25) is 0 Å². The fourth-order valence-electron chi connectivity index (χ4n) is 6.67. The Labute approximate surface area is 219 Å². The van der Waals surface area contributed by atoms with Gasteiger partial charge in [-0.15, -0.1) is 0 Å². The fraction of sp³-hybridized carbons (Fsp3) is 0.552. The number of fused-ring (bicyclic) bond motifs is 3. The Bertz CT molecular complexity index is 1030. The van der Waals surface area contributed by atoms with Crippen LogP contribution in [0.25, 0.3) is 0 Å². The molecule has 1 atom stereocenters. The number of carbonyl (C=O) groups excluding carboxylic acids is 2. The van der Waals surface area contributed by atoms with Crippen molar-refractivity contribution in [2.24, 2.45) is 5.92 Å². The molecule has 0 N–H and O–H groups in total. The van der Waals surface area contributed by atoms with Gasteiger partial charge in [0.25, 0.3) is 0 Å². The topological polar surface area (TPSA) is 56.3 Å². The molecule has 4 aliphatic rings. The number of hydrogen-bond donors (Lipinski definition) is 0. The predicted molar refractivity (Wildman–Crippen MR) is 131 cm³/mol. The lowest BCUT2D eigenvalue weighted by molar-refractivity contribution is -0.939. The molecule has 7 heteroatoms. The van der Waals surface area contributed by atoms with Gasteiger partial charge in [-0.25, -0.2) is 4.39 Å². The van der Waals surface area contributed by atoms with Crippen molar-refractivity contribution < 1.29 is 35.6 Å². The quantitative estimate of drug-likeness (QED) is 0.321. The van der Waals surface area contributed by atoms with Gasteiger partial charge in [-0.1, -0.05) is 56.0 Å². The van der Waals surface area contributed by atoms with Crippen LogP contribution in [0.5, 0.6) is 0 Å². The zero-order valence-electron chi connectivity index (χ0n) is 20.8. The number of benzene rings is 1. The first-order chi connectivity index (χ1) is 17.0. The molecule has 194 valence electrons. The van der Waals surface area contributed by atoms with E-state index >= 15 is 0 Å². The van der Waals surface area contributed by atoms with Crippen molar-refractivity contribution in [3.8, 4) is 0 Å². The molecule has 0 spiro atoms. The Kier molecular flexibility index (Phi) is 8.46. The number of piperidine rings is 3. The number of carbonyl (C=O) groups is 2. The zero-order chi connectivity index (χ0) is 24.3. The Balaban J connectivity index is 0.00000304. The number of nitrogens with zero attached hydrogens (tertiary/aromatic N) is 2. The Morgan fingerprint density at radius 2 is 1.69 bits per heavy atom. The largest absolute Gasteiger partial charge is 1.00 e. The Hall–Kier alpha value is -2.31. The number of halogens is 2. The van der Waals surface area contributed by atoms with Crippen LogP contribution >= 0.6 is 0 Å². The van der Waals surface area contributed by atoms with Crippen molar-refractivity contribution in [3.05, 3.63) is 65.7 Å². The van der Waals surface area contributed by atoms with E-state index < -0.39 is 11.2 Å². The Morgan fingerprint density at radius 3 is 2.33 bits per heavy atom. The highest BCUT2D eigenvalue weighted by molar-refractivity contribution is 5.83. The molecule has 1 saturated carbocycles. The summed E-state index contributed by atoms with van der Waals surface area (Å²) in [6.45, 7) is 3.03. The second-order valence-electron chi connectivity index (χ2n) is 11.0. The molecule has 1 aromatic heterocycles. The summed E-state index contributed by atoms with van der Waals surface area (Å²) in [7, 11) is 0. The minimum absolute atomic E-state index is 0. The number of esters is 1. The first-order valence-corrected chi connectivity index (χ1v) is 13.2. The molecule has 2 aromatic rings. The molecule has 2 bridgehead atoms. The molecule has 1 aliphatic carbocycles. The van der Waals surface area contributed by atoms with E-state index in [9.17, 15) is 14.0 Å². The smallest absolute Gasteiger partial charge is 0.317 e. The van der Waals surface area contributed by atoms with Gasteiger partial charge in [-0.05, 0) is 30.5 Å². The van der Waals surface area contributed by atoms with Crippen molar-refractivity contribution in [1.82, 2.24) is 4.98 Å². The summed E-state index contributed by atoms with van der Waals surface area (Å²) in [6, 6.07) is 13.1. The molecule has 0 amide bonds. The highest BCUT2D eigenvalue weighted by Crippen LogP contribution is 2.42. The van der Waals surface area contributed by atoms with Crippen LogP contribution in [0.2, 0.25) is 0 Å². The second kappa shape index (κ2) is 11.4. The summed E-state index contributed by atoms with van der Waals surface area (Å²) in [5, 5.41) is 0. The third kappa shape index (κ3) is 5.65. The lowest BCUT2D eigenvalue weighted by Gasteiger charge is -2.52. The minimum Gasteiger partial charge on any atom is -1.00 e. The zero-order valence-corrected chi connectivity index (χ0v) is 21.6. The van der Waals surface area contributed by atoms with Crippen LogP contribution in [0.1, 0.15) is 62.6 Å². The van der Waals surface area contributed by atoms with Crippen molar-refractivity contribution in [1.29, 1.82) is 0 Å². The van der Waals surface area contributed by atoms with Crippen LogP contribution in [0.3, 0.4) is 0 Å². The van der Waals surface area contributed by atoms with Crippen LogP contribution in [0, 0.1) is 11.7 Å². The standard InChI is InChI=1S/C29H36FN2O3.ClH/c30-24-10-11-25(31-19-24)18-26(33)20-32-16-12-22(13-17-32)27(21-32)35-28(34)29(14-6-1-2-7-15-29)23-8-4-3-5-9-23;/h3-5,8-11,19,22,27H,1-2,6-7,12-18,20-21H2;1H/q+1;/p-1/t22?,27-,32?;/m0./s1. The van der Waals surface area contributed by atoms with Crippen LogP contribution in [-0.4, -0.2) is 53.5 Å². The molecule has 5 nitrogen and oxygen atoms in total. The van der Waals surface area contributed by atoms with Gasteiger partial charge in [0.1, 0.15) is 18.9 Å². The van der Waals surface area contributed by atoms with Crippen LogP contribution in [0.4, 0.5) is 4.39 Å². The molecule has 4 fully saturated rings. The molecule has 0 radical (unpaired) electrons. The number of Topliss-reactive ketones (excluding diaryl/α,β-unsaturated/α-hetero) is 1. The molecule has 36 heavy (non-hydrogen) atoms. The first kappa shape index (κ1) is 26.7. The number of aromatic nitrogens is 1. The average Bonchev–Trinajstić information content (AvgIpc) is 3.14. The van der Waals surface area contributed by atoms with E-state index in [0.29, 0.717) is 29.2 Å². The van der Waals surface area contributed by atoms with Crippen molar-refractivity contribution in [2.75, 3.05) is 26.2 Å². The lowest BCUT2D eigenvalue weighted by atomic mass is 9.74. The van der Waals surface area contributed by atoms with Gasteiger partial charge in [0.15, 0.2) is 11.9 Å². The maximum absolute atomic E-state index is 13.9. The molecular formula is C29H36ClFN2O3. The van der Waals surface area contributed by atoms with Gasteiger partial charge in [0.05, 0.1) is 31.1 Å². The summed E-state index contributed by atoms with van der Waals surface area (Å²) in [4.78, 5) is 30.9. The summed E-state index contributed by atoms with van der Waals surface area (Å²) in [6.07, 6.45) is 9.32. The minimum atomic E-state index is -0.557. The molecule has 0 unspecified atom stereocenters. The van der Waals surface area contributed by atoms with E-state index in [1.54, 1.807) is 6.07 Å². The van der Waals surface area contributed by atoms with Crippen molar-refractivity contribution in [2.45, 2.75) is 69.3 Å². The molecular weight excluding hydrogens is 479 g/mol. The van der Waals surface area contributed by atoms with E-state index in [1.807, 2.05) is 18.2 Å². The van der Waals surface area contributed by atoms with Gasteiger partial charge < -0.3 is 21.6 Å². The molecule has 4 heterocycles. The summed E-state index contributed by atoms with van der Waals surface area (Å²) in [5.74, 6) is 0.0302. The monoisotopic (exact) mass is 514 g/mol. The van der Waals surface area contributed by atoms with Gasteiger partial charge >= 0.3 is 5.97 Å². The molecule has 1 aromatic carbocycles. The predicted octanol–water partition coefficient (Wildman–Crippen LogP) is 1.78. The fourth-order valence-corrected chi connectivity index (χ4v) is 6.67. The number of ether oxygens (including phenoxy) is 1. The summed E-state index contributed by atoms with van der Waals surface area (Å²) < 4.78 is 20.2. The number of rotatable bonds is 7. The number of ketones is 1. The van der Waals surface area contributed by atoms with Gasteiger partial charge in [0, 0.05) is 24.5 Å². The Morgan fingerprint density at radius 1 is 1.00 bits per heavy atom. The van der Waals surface area contributed by atoms with E-state index in [4.69, 9.17) is 4.74 Å². The van der Waals surface area contributed by atoms with E-state index in [-0.39, 0.29) is 36.7 Å². The van der Waals surface area contributed by atoms with Gasteiger partial charge in [-0.3, -0.25) is 14.6 Å². The maximum atomic E-state index is 13.9.